The van der Waals surface area contributed by atoms with Gasteiger partial charge >= 0.3 is 0 Å². The van der Waals surface area contributed by atoms with Crippen LogP contribution in [0.4, 0.5) is 5.69 Å². The van der Waals surface area contributed by atoms with E-state index < -0.39 is 0 Å². The summed E-state index contributed by atoms with van der Waals surface area (Å²) in [4.78, 5) is 10.4. The highest BCUT2D eigenvalue weighted by Gasteiger charge is 2.15. The molecule has 5 heteroatoms. The molecule has 0 spiro atoms. The Hall–Kier alpha value is -0.940. The van der Waals surface area contributed by atoms with Crippen LogP contribution < -0.4 is 5.32 Å². The van der Waals surface area contributed by atoms with E-state index in [1.807, 2.05) is 6.07 Å². The summed E-state index contributed by atoms with van der Waals surface area (Å²) < 4.78 is 0.734. The van der Waals surface area contributed by atoms with Gasteiger partial charge in [-0.3, -0.25) is 10.1 Å². The van der Waals surface area contributed by atoms with Crippen molar-refractivity contribution in [3.05, 3.63) is 38.3 Å². The number of nitrogens with one attached hydrogen (secondary N) is 1. The summed E-state index contributed by atoms with van der Waals surface area (Å²) in [6.07, 6.45) is 1.00. The molecular weight excluding hydrogens is 284 g/mol. The SMILES string of the molecule is CCC(C)(C)NCc1cc(Br)cc([N+](=O)[O-])c1. The van der Waals surface area contributed by atoms with Crippen LogP contribution in [-0.2, 0) is 6.54 Å². The van der Waals surface area contributed by atoms with Gasteiger partial charge in [-0.1, -0.05) is 22.9 Å². The van der Waals surface area contributed by atoms with Gasteiger partial charge in [-0.2, -0.15) is 0 Å². The van der Waals surface area contributed by atoms with Gasteiger partial charge in [0.1, 0.15) is 0 Å². The van der Waals surface area contributed by atoms with Gasteiger partial charge in [0.25, 0.3) is 5.69 Å². The van der Waals surface area contributed by atoms with Gasteiger partial charge in [-0.15, -0.1) is 0 Å². The van der Waals surface area contributed by atoms with Crippen LogP contribution in [0.1, 0.15) is 32.8 Å². The molecule has 0 aromatic heterocycles. The molecule has 94 valence electrons. The minimum Gasteiger partial charge on any atom is -0.308 e. The van der Waals surface area contributed by atoms with Crippen LogP contribution in [-0.4, -0.2) is 10.5 Å². The molecule has 0 unspecified atom stereocenters. The number of nitrogens with zero attached hydrogens (tertiary/aromatic N) is 1. The highest BCUT2D eigenvalue weighted by atomic mass is 79.9. The maximum Gasteiger partial charge on any atom is 0.270 e. The van der Waals surface area contributed by atoms with E-state index >= 15 is 0 Å². The van der Waals surface area contributed by atoms with Crippen molar-refractivity contribution in [2.45, 2.75) is 39.3 Å². The number of hydrogen-bond acceptors (Lipinski definition) is 3. The Bertz CT molecular complexity index is 419. The zero-order valence-electron chi connectivity index (χ0n) is 10.3. The molecule has 0 saturated carbocycles. The van der Waals surface area contributed by atoms with Crippen LogP contribution in [0.2, 0.25) is 0 Å². The summed E-state index contributed by atoms with van der Waals surface area (Å²) in [5.41, 5.74) is 1.06. The number of halogens is 1. The lowest BCUT2D eigenvalue weighted by atomic mass is 10.0. The van der Waals surface area contributed by atoms with E-state index in [1.54, 1.807) is 6.07 Å². The van der Waals surface area contributed by atoms with Gasteiger partial charge in [0, 0.05) is 28.7 Å². The minimum absolute atomic E-state index is 0.0388. The first kappa shape index (κ1) is 14.1. The summed E-state index contributed by atoms with van der Waals surface area (Å²) >= 11 is 3.29. The summed E-state index contributed by atoms with van der Waals surface area (Å²) in [6, 6.07) is 5.00. The average Bonchev–Trinajstić information content (AvgIpc) is 2.26. The number of hydrogen-bond donors (Lipinski definition) is 1. The molecule has 1 rings (SSSR count). The molecule has 0 atom stereocenters. The van der Waals surface area contributed by atoms with Crippen molar-refractivity contribution < 1.29 is 4.92 Å². The van der Waals surface area contributed by atoms with Gasteiger partial charge in [0.2, 0.25) is 0 Å². The monoisotopic (exact) mass is 300 g/mol. The second kappa shape index (κ2) is 5.60. The van der Waals surface area contributed by atoms with Crippen molar-refractivity contribution in [3.63, 3.8) is 0 Å². The Morgan fingerprint density at radius 2 is 2.06 bits per heavy atom. The van der Waals surface area contributed by atoms with E-state index in [9.17, 15) is 10.1 Å². The van der Waals surface area contributed by atoms with Crippen LogP contribution in [0.25, 0.3) is 0 Å². The Balaban J connectivity index is 2.81. The fourth-order valence-electron chi connectivity index (χ4n) is 1.31. The maximum atomic E-state index is 10.7. The van der Waals surface area contributed by atoms with Crippen molar-refractivity contribution in [1.29, 1.82) is 0 Å². The van der Waals surface area contributed by atoms with Crippen LogP contribution in [0.15, 0.2) is 22.7 Å². The third kappa shape index (κ3) is 4.44. The molecular formula is C12H17BrN2O2. The lowest BCUT2D eigenvalue weighted by molar-refractivity contribution is -0.385. The van der Waals surface area contributed by atoms with E-state index in [1.165, 1.54) is 6.07 Å². The van der Waals surface area contributed by atoms with Crippen LogP contribution in [0.5, 0.6) is 0 Å². The van der Waals surface area contributed by atoms with Crippen molar-refractivity contribution in [2.24, 2.45) is 0 Å². The predicted octanol–water partition coefficient (Wildman–Crippen LogP) is 3.64. The number of nitro groups is 1. The van der Waals surface area contributed by atoms with Gasteiger partial charge in [-0.05, 0) is 31.9 Å². The molecule has 1 aromatic carbocycles. The smallest absolute Gasteiger partial charge is 0.270 e. The van der Waals surface area contributed by atoms with Crippen LogP contribution >= 0.6 is 15.9 Å². The van der Waals surface area contributed by atoms with Crippen molar-refractivity contribution >= 4 is 21.6 Å². The molecule has 4 nitrogen and oxygen atoms in total. The van der Waals surface area contributed by atoms with Crippen LogP contribution in [0.3, 0.4) is 0 Å². The molecule has 0 bridgehead atoms. The second-order valence-electron chi connectivity index (χ2n) is 4.67. The number of benzene rings is 1. The van der Waals surface area contributed by atoms with Crippen molar-refractivity contribution in [2.75, 3.05) is 0 Å². The highest BCUT2D eigenvalue weighted by Crippen LogP contribution is 2.21. The fraction of sp³-hybridized carbons (Fsp3) is 0.500. The van der Waals surface area contributed by atoms with Crippen molar-refractivity contribution in [3.8, 4) is 0 Å². The van der Waals surface area contributed by atoms with Gasteiger partial charge < -0.3 is 5.32 Å². The van der Waals surface area contributed by atoms with Crippen LogP contribution in [0, 0.1) is 10.1 Å². The Morgan fingerprint density at radius 3 is 2.59 bits per heavy atom. The van der Waals surface area contributed by atoms with E-state index in [-0.39, 0.29) is 16.1 Å². The quantitative estimate of drug-likeness (QED) is 0.667. The lowest BCUT2D eigenvalue weighted by Crippen LogP contribution is -2.37. The zero-order valence-corrected chi connectivity index (χ0v) is 11.9. The molecule has 0 saturated heterocycles. The Morgan fingerprint density at radius 1 is 1.41 bits per heavy atom. The normalized spacial score (nSPS) is 11.5. The van der Waals surface area contributed by atoms with Gasteiger partial charge in [0.05, 0.1) is 4.92 Å². The highest BCUT2D eigenvalue weighted by molar-refractivity contribution is 9.10. The van der Waals surface area contributed by atoms with Gasteiger partial charge in [-0.25, -0.2) is 0 Å². The fourth-order valence-corrected chi connectivity index (χ4v) is 1.84. The largest absolute Gasteiger partial charge is 0.308 e. The van der Waals surface area contributed by atoms with Crippen molar-refractivity contribution in [1.82, 2.24) is 5.32 Å². The standard InChI is InChI=1S/C12H17BrN2O2/c1-4-12(2,3)14-8-9-5-10(13)7-11(6-9)15(16)17/h5-7,14H,4,8H2,1-3H3. The summed E-state index contributed by atoms with van der Waals surface area (Å²) in [5.74, 6) is 0. The topological polar surface area (TPSA) is 55.2 Å². The number of nitro benzene ring substituents is 1. The first-order valence-electron chi connectivity index (χ1n) is 5.53. The lowest BCUT2D eigenvalue weighted by Gasteiger charge is -2.24. The molecule has 1 aromatic rings. The first-order valence-corrected chi connectivity index (χ1v) is 6.32. The molecule has 0 aliphatic rings. The van der Waals surface area contributed by atoms with E-state index in [0.717, 1.165) is 16.5 Å². The molecule has 0 aliphatic heterocycles. The second-order valence-corrected chi connectivity index (χ2v) is 5.58. The average molecular weight is 301 g/mol. The summed E-state index contributed by atoms with van der Waals surface area (Å²) in [6.45, 7) is 6.95. The van der Waals surface area contributed by atoms with E-state index in [4.69, 9.17) is 0 Å². The third-order valence-electron chi connectivity index (χ3n) is 2.81. The molecule has 0 radical (unpaired) electrons. The molecule has 0 heterocycles. The van der Waals surface area contributed by atoms with E-state index in [2.05, 4.69) is 42.0 Å². The molecule has 0 aliphatic carbocycles. The Labute approximate surface area is 110 Å². The number of rotatable bonds is 5. The first-order chi connectivity index (χ1) is 7.84. The molecule has 0 amide bonds. The third-order valence-corrected chi connectivity index (χ3v) is 3.27. The minimum atomic E-state index is -0.376. The molecule has 0 fully saturated rings. The Kier molecular flexibility index (Phi) is 4.65. The summed E-state index contributed by atoms with van der Waals surface area (Å²) in [7, 11) is 0. The maximum absolute atomic E-state index is 10.7. The summed E-state index contributed by atoms with van der Waals surface area (Å²) in [5, 5.41) is 14.1. The molecule has 1 N–H and O–H groups in total. The molecule has 17 heavy (non-hydrogen) atoms. The predicted molar refractivity (Wildman–Crippen MR) is 72.0 cm³/mol. The van der Waals surface area contributed by atoms with E-state index in [0.29, 0.717) is 6.54 Å². The van der Waals surface area contributed by atoms with Gasteiger partial charge in [0.15, 0.2) is 0 Å². The zero-order chi connectivity index (χ0) is 13.1. The number of non-ortho nitro benzene ring substituents is 1.